The molecule has 1 aromatic heterocycles. The Kier molecular flexibility index (Phi) is 5.08. The van der Waals surface area contributed by atoms with Crippen LogP contribution in [0.25, 0.3) is 0 Å². The fraction of sp³-hybridized carbons (Fsp3) is 0.176. The van der Waals surface area contributed by atoms with Gasteiger partial charge < -0.3 is 11.1 Å². The second-order valence-corrected chi connectivity index (χ2v) is 4.37. The summed E-state index contributed by atoms with van der Waals surface area (Å²) >= 11 is 0. The lowest BCUT2D eigenvalue weighted by atomic mass is 10.1. The highest BCUT2D eigenvalue weighted by molar-refractivity contribution is 6.04. The van der Waals surface area contributed by atoms with Gasteiger partial charge in [0.1, 0.15) is 5.69 Å². The molecule has 2 aromatic rings. The molecule has 0 saturated heterocycles. The van der Waals surface area contributed by atoms with Crippen LogP contribution in [0, 0.1) is 11.8 Å². The standard InChI is InChI=1S/C17H17N3O/c1-2-13-7-3-4-10-15(13)20-17(21)16-14(8-5-11-18)9-6-12-19-16/h3-4,6-7,9-10,12H,2,11,18H2,1H3,(H,20,21). The summed E-state index contributed by atoms with van der Waals surface area (Å²) < 4.78 is 0. The lowest BCUT2D eigenvalue weighted by molar-refractivity contribution is 0.102. The van der Waals surface area contributed by atoms with E-state index in [2.05, 4.69) is 22.1 Å². The minimum Gasteiger partial charge on any atom is -0.320 e. The van der Waals surface area contributed by atoms with Crippen molar-refractivity contribution >= 4 is 11.6 Å². The Morgan fingerprint density at radius 2 is 2.10 bits per heavy atom. The first-order chi connectivity index (χ1) is 10.3. The van der Waals surface area contributed by atoms with E-state index in [4.69, 9.17) is 5.73 Å². The summed E-state index contributed by atoms with van der Waals surface area (Å²) in [5, 5.41) is 2.89. The first kappa shape index (κ1) is 14.8. The molecule has 1 aromatic carbocycles. The molecule has 21 heavy (non-hydrogen) atoms. The van der Waals surface area contributed by atoms with Crippen LogP contribution in [-0.4, -0.2) is 17.4 Å². The van der Waals surface area contributed by atoms with Gasteiger partial charge in [0, 0.05) is 11.9 Å². The van der Waals surface area contributed by atoms with Gasteiger partial charge in [-0.2, -0.15) is 0 Å². The largest absolute Gasteiger partial charge is 0.320 e. The molecule has 4 nitrogen and oxygen atoms in total. The molecule has 0 saturated carbocycles. The number of benzene rings is 1. The Bertz CT molecular complexity index is 698. The Hall–Kier alpha value is -2.64. The van der Waals surface area contributed by atoms with Gasteiger partial charge in [0.05, 0.1) is 12.1 Å². The van der Waals surface area contributed by atoms with E-state index in [1.54, 1.807) is 18.3 Å². The molecule has 0 aliphatic heterocycles. The molecular formula is C17H17N3O. The van der Waals surface area contributed by atoms with E-state index in [1.165, 1.54) is 0 Å². The van der Waals surface area contributed by atoms with E-state index in [9.17, 15) is 4.79 Å². The molecule has 0 atom stereocenters. The smallest absolute Gasteiger partial charge is 0.275 e. The van der Waals surface area contributed by atoms with Crippen molar-refractivity contribution in [1.29, 1.82) is 0 Å². The van der Waals surface area contributed by atoms with Gasteiger partial charge in [0.25, 0.3) is 5.91 Å². The van der Waals surface area contributed by atoms with E-state index in [1.807, 2.05) is 31.2 Å². The van der Waals surface area contributed by atoms with Crippen molar-refractivity contribution in [2.45, 2.75) is 13.3 Å². The van der Waals surface area contributed by atoms with Crippen LogP contribution in [0.2, 0.25) is 0 Å². The summed E-state index contributed by atoms with van der Waals surface area (Å²) in [6, 6.07) is 11.2. The molecule has 0 aliphatic carbocycles. The SMILES string of the molecule is CCc1ccccc1NC(=O)c1ncccc1C#CCN. The number of nitrogens with two attached hydrogens (primary N) is 1. The molecule has 0 fully saturated rings. The molecule has 0 unspecified atom stereocenters. The number of aryl methyl sites for hydroxylation is 1. The van der Waals surface area contributed by atoms with Crippen LogP contribution >= 0.6 is 0 Å². The normalized spacial score (nSPS) is 9.62. The average Bonchev–Trinajstić information content (AvgIpc) is 2.53. The number of nitrogens with one attached hydrogen (secondary N) is 1. The first-order valence-corrected chi connectivity index (χ1v) is 6.79. The average molecular weight is 279 g/mol. The number of nitrogens with zero attached hydrogens (tertiary/aromatic N) is 1. The lowest BCUT2D eigenvalue weighted by Crippen LogP contribution is -2.16. The number of carbonyl (C=O) groups is 1. The number of pyridine rings is 1. The van der Waals surface area contributed by atoms with Crippen LogP contribution in [0.4, 0.5) is 5.69 Å². The number of aromatic nitrogens is 1. The van der Waals surface area contributed by atoms with Gasteiger partial charge in [-0.1, -0.05) is 37.0 Å². The highest BCUT2D eigenvalue weighted by Crippen LogP contribution is 2.17. The van der Waals surface area contributed by atoms with Crippen LogP contribution in [0.1, 0.15) is 28.5 Å². The van der Waals surface area contributed by atoms with Crippen LogP contribution in [0.3, 0.4) is 0 Å². The van der Waals surface area contributed by atoms with Crippen molar-refractivity contribution in [2.75, 3.05) is 11.9 Å². The zero-order valence-electron chi connectivity index (χ0n) is 11.9. The predicted molar refractivity (Wildman–Crippen MR) is 83.9 cm³/mol. The maximum absolute atomic E-state index is 12.4. The van der Waals surface area contributed by atoms with E-state index in [0.717, 1.165) is 17.7 Å². The molecule has 4 heteroatoms. The summed E-state index contributed by atoms with van der Waals surface area (Å²) in [6.07, 6.45) is 2.42. The molecule has 1 amide bonds. The highest BCUT2D eigenvalue weighted by atomic mass is 16.1. The van der Waals surface area contributed by atoms with Crippen molar-refractivity contribution < 1.29 is 4.79 Å². The van der Waals surface area contributed by atoms with Gasteiger partial charge in [0.15, 0.2) is 0 Å². The molecule has 0 radical (unpaired) electrons. The number of carbonyl (C=O) groups excluding carboxylic acids is 1. The van der Waals surface area contributed by atoms with Gasteiger partial charge in [-0.05, 0) is 30.2 Å². The third-order valence-electron chi connectivity index (χ3n) is 2.99. The molecule has 1 heterocycles. The van der Waals surface area contributed by atoms with Crippen molar-refractivity contribution in [1.82, 2.24) is 4.98 Å². The molecule has 2 rings (SSSR count). The van der Waals surface area contributed by atoms with E-state index < -0.39 is 0 Å². The minimum atomic E-state index is -0.266. The molecule has 0 aliphatic rings. The molecule has 106 valence electrons. The van der Waals surface area contributed by atoms with Crippen molar-refractivity contribution in [3.63, 3.8) is 0 Å². The van der Waals surface area contributed by atoms with Crippen LogP contribution in [-0.2, 0) is 6.42 Å². The predicted octanol–water partition coefficient (Wildman–Crippen LogP) is 2.21. The molecule has 0 bridgehead atoms. The number of hydrogen-bond acceptors (Lipinski definition) is 3. The minimum absolute atomic E-state index is 0.245. The van der Waals surface area contributed by atoms with E-state index in [-0.39, 0.29) is 12.5 Å². The fourth-order valence-electron chi connectivity index (χ4n) is 1.97. The second kappa shape index (κ2) is 7.22. The quantitative estimate of drug-likeness (QED) is 0.846. The summed E-state index contributed by atoms with van der Waals surface area (Å²) in [5.41, 5.74) is 8.14. The summed E-state index contributed by atoms with van der Waals surface area (Å²) in [7, 11) is 0. The summed E-state index contributed by atoms with van der Waals surface area (Å²) in [4.78, 5) is 16.5. The Morgan fingerprint density at radius 3 is 2.86 bits per heavy atom. The fourth-order valence-corrected chi connectivity index (χ4v) is 1.97. The number of anilines is 1. The zero-order chi connectivity index (χ0) is 15.1. The molecule has 0 spiro atoms. The highest BCUT2D eigenvalue weighted by Gasteiger charge is 2.13. The van der Waals surface area contributed by atoms with Gasteiger partial charge in [-0.15, -0.1) is 0 Å². The van der Waals surface area contributed by atoms with E-state index >= 15 is 0 Å². The molecule has 3 N–H and O–H groups in total. The van der Waals surface area contributed by atoms with Gasteiger partial charge in [0.2, 0.25) is 0 Å². The summed E-state index contributed by atoms with van der Waals surface area (Å²) in [5.74, 6) is 5.35. The van der Waals surface area contributed by atoms with Gasteiger partial charge >= 0.3 is 0 Å². The Morgan fingerprint density at radius 1 is 1.29 bits per heavy atom. The van der Waals surface area contributed by atoms with Crippen molar-refractivity contribution in [3.8, 4) is 11.8 Å². The van der Waals surface area contributed by atoms with Gasteiger partial charge in [-0.3, -0.25) is 4.79 Å². The van der Waals surface area contributed by atoms with Crippen LogP contribution < -0.4 is 11.1 Å². The second-order valence-electron chi connectivity index (χ2n) is 4.37. The number of hydrogen-bond donors (Lipinski definition) is 2. The first-order valence-electron chi connectivity index (χ1n) is 6.79. The Balaban J connectivity index is 2.29. The van der Waals surface area contributed by atoms with Crippen LogP contribution in [0.5, 0.6) is 0 Å². The molecular weight excluding hydrogens is 262 g/mol. The number of amides is 1. The summed E-state index contributed by atoms with van der Waals surface area (Å²) in [6.45, 7) is 2.29. The zero-order valence-corrected chi connectivity index (χ0v) is 11.9. The topological polar surface area (TPSA) is 68.0 Å². The van der Waals surface area contributed by atoms with Crippen LogP contribution in [0.15, 0.2) is 42.6 Å². The van der Waals surface area contributed by atoms with Gasteiger partial charge in [-0.25, -0.2) is 4.98 Å². The third kappa shape index (κ3) is 3.68. The van der Waals surface area contributed by atoms with Crippen molar-refractivity contribution in [3.05, 3.63) is 59.4 Å². The third-order valence-corrected chi connectivity index (χ3v) is 2.99. The lowest BCUT2D eigenvalue weighted by Gasteiger charge is -2.10. The van der Waals surface area contributed by atoms with E-state index in [0.29, 0.717) is 11.3 Å². The number of rotatable bonds is 3. The maximum Gasteiger partial charge on any atom is 0.275 e. The van der Waals surface area contributed by atoms with Crippen molar-refractivity contribution in [2.24, 2.45) is 5.73 Å². The Labute approximate surface area is 124 Å². The monoisotopic (exact) mass is 279 g/mol. The number of para-hydroxylation sites is 1. The maximum atomic E-state index is 12.4.